The van der Waals surface area contributed by atoms with E-state index in [0.29, 0.717) is 11.4 Å². The minimum atomic E-state index is -0.599. The molecule has 0 heterocycles. The van der Waals surface area contributed by atoms with Gasteiger partial charge in [-0.25, -0.2) is 9.18 Å². The minimum Gasteiger partial charge on any atom is -0.444 e. The number of hydrogen-bond acceptors (Lipinski definition) is 4. The normalized spacial score (nSPS) is 10.8. The minimum absolute atomic E-state index is 0.0807. The molecule has 2 aromatic rings. The number of halogens is 1. The number of alkyl carbamates (subject to hydrolysis) is 1. The van der Waals surface area contributed by atoms with E-state index in [2.05, 4.69) is 16.0 Å². The van der Waals surface area contributed by atoms with E-state index < -0.39 is 23.4 Å². The van der Waals surface area contributed by atoms with E-state index in [1.165, 1.54) is 18.2 Å². The Morgan fingerprint density at radius 1 is 0.966 bits per heavy atom. The Bertz CT molecular complexity index is 876. The molecule has 0 bridgehead atoms. The van der Waals surface area contributed by atoms with E-state index in [0.717, 1.165) is 6.07 Å². The summed E-state index contributed by atoms with van der Waals surface area (Å²) in [5.41, 5.74) is 0.651. The number of hydrogen-bond donors (Lipinski definition) is 3. The highest BCUT2D eigenvalue weighted by atomic mass is 19.1. The van der Waals surface area contributed by atoms with E-state index >= 15 is 0 Å². The Morgan fingerprint density at radius 3 is 2.17 bits per heavy atom. The molecule has 3 amide bonds. The molecule has 0 unspecified atom stereocenters. The van der Waals surface area contributed by atoms with E-state index in [1.54, 1.807) is 45.0 Å². The average Bonchev–Trinajstić information content (AvgIpc) is 2.62. The molecule has 8 heteroatoms. The van der Waals surface area contributed by atoms with Gasteiger partial charge >= 0.3 is 6.09 Å². The third-order valence-corrected chi connectivity index (χ3v) is 3.53. The predicted octanol–water partition coefficient (Wildman–Crippen LogP) is 3.93. The Hall–Kier alpha value is -3.42. The molecule has 2 rings (SSSR count). The van der Waals surface area contributed by atoms with Crippen LogP contribution in [0.4, 0.5) is 20.6 Å². The van der Waals surface area contributed by atoms with Gasteiger partial charge in [-0.1, -0.05) is 6.07 Å². The summed E-state index contributed by atoms with van der Waals surface area (Å²) in [7, 11) is 0. The summed E-state index contributed by atoms with van der Waals surface area (Å²) >= 11 is 0. The molecule has 29 heavy (non-hydrogen) atoms. The summed E-state index contributed by atoms with van der Waals surface area (Å²) in [5.74, 6) is -1.20. The van der Waals surface area contributed by atoms with Gasteiger partial charge in [0, 0.05) is 29.9 Å². The van der Waals surface area contributed by atoms with Gasteiger partial charge in [0.25, 0.3) is 5.91 Å². The third kappa shape index (κ3) is 8.00. The van der Waals surface area contributed by atoms with Crippen LogP contribution in [0, 0.1) is 5.82 Å². The lowest BCUT2D eigenvalue weighted by molar-refractivity contribution is -0.116. The highest BCUT2D eigenvalue weighted by Crippen LogP contribution is 2.15. The second-order valence-electron chi connectivity index (χ2n) is 7.27. The van der Waals surface area contributed by atoms with Gasteiger partial charge in [0.2, 0.25) is 5.91 Å². The standard InChI is InChI=1S/C21H24FN3O4/c1-21(2,3)29-20(28)23-12-11-18(26)24-16-7-9-17(10-8-16)25-19(27)14-5-4-6-15(22)13-14/h4-10,13H,11-12H2,1-3H3,(H,23,28)(H,24,26)(H,25,27). The van der Waals surface area contributed by atoms with Gasteiger partial charge in [-0.2, -0.15) is 0 Å². The number of carbonyl (C=O) groups is 3. The molecular formula is C21H24FN3O4. The van der Waals surface area contributed by atoms with E-state index in [4.69, 9.17) is 4.74 Å². The Labute approximate surface area is 168 Å². The predicted molar refractivity (Wildman–Crippen MR) is 108 cm³/mol. The first-order valence-corrected chi connectivity index (χ1v) is 9.06. The van der Waals surface area contributed by atoms with Crippen LogP contribution in [0.5, 0.6) is 0 Å². The fourth-order valence-electron chi connectivity index (χ4n) is 2.29. The van der Waals surface area contributed by atoms with Crippen molar-refractivity contribution in [2.75, 3.05) is 17.2 Å². The molecule has 7 nitrogen and oxygen atoms in total. The number of carbonyl (C=O) groups excluding carboxylic acids is 3. The summed E-state index contributed by atoms with van der Waals surface area (Å²) in [6.45, 7) is 5.40. The highest BCUT2D eigenvalue weighted by molar-refractivity contribution is 6.04. The quantitative estimate of drug-likeness (QED) is 0.683. The Morgan fingerprint density at radius 2 is 1.59 bits per heavy atom. The van der Waals surface area contributed by atoms with Crippen molar-refractivity contribution in [1.29, 1.82) is 0 Å². The monoisotopic (exact) mass is 401 g/mol. The van der Waals surface area contributed by atoms with Gasteiger partial charge in [-0.3, -0.25) is 9.59 Å². The molecule has 0 fully saturated rings. The summed E-state index contributed by atoms with van der Waals surface area (Å²) in [6, 6.07) is 11.9. The van der Waals surface area contributed by atoms with Crippen LogP contribution in [0.15, 0.2) is 48.5 Å². The summed E-state index contributed by atoms with van der Waals surface area (Å²) < 4.78 is 18.3. The topological polar surface area (TPSA) is 96.5 Å². The zero-order valence-electron chi connectivity index (χ0n) is 16.5. The van der Waals surface area contributed by atoms with Crippen LogP contribution < -0.4 is 16.0 Å². The SMILES string of the molecule is CC(C)(C)OC(=O)NCCC(=O)Nc1ccc(NC(=O)c2cccc(F)c2)cc1. The second-order valence-corrected chi connectivity index (χ2v) is 7.27. The molecule has 0 atom stereocenters. The van der Waals surface area contributed by atoms with Crippen molar-refractivity contribution in [3.63, 3.8) is 0 Å². The number of ether oxygens (including phenoxy) is 1. The lowest BCUT2D eigenvalue weighted by Crippen LogP contribution is -2.34. The fourth-order valence-corrected chi connectivity index (χ4v) is 2.29. The summed E-state index contributed by atoms with van der Waals surface area (Å²) in [4.78, 5) is 35.6. The number of nitrogens with one attached hydrogen (secondary N) is 3. The smallest absolute Gasteiger partial charge is 0.407 e. The van der Waals surface area contributed by atoms with Crippen molar-refractivity contribution in [3.8, 4) is 0 Å². The number of anilines is 2. The zero-order valence-corrected chi connectivity index (χ0v) is 16.5. The first-order chi connectivity index (χ1) is 13.6. The second kappa shape index (κ2) is 9.68. The Kier molecular flexibility index (Phi) is 7.30. The molecular weight excluding hydrogens is 377 g/mol. The van der Waals surface area contributed by atoms with Crippen LogP contribution in [0.2, 0.25) is 0 Å². The summed E-state index contributed by atoms with van der Waals surface area (Å²) in [5, 5.41) is 7.85. The van der Waals surface area contributed by atoms with Crippen molar-refractivity contribution in [3.05, 3.63) is 59.9 Å². The van der Waals surface area contributed by atoms with Crippen LogP contribution in [0.25, 0.3) is 0 Å². The lowest BCUT2D eigenvalue weighted by atomic mass is 10.2. The van der Waals surface area contributed by atoms with Crippen molar-refractivity contribution in [2.45, 2.75) is 32.8 Å². The molecule has 2 aromatic carbocycles. The molecule has 0 saturated carbocycles. The van der Waals surface area contributed by atoms with Gasteiger partial charge in [0.1, 0.15) is 11.4 Å². The molecule has 0 aliphatic rings. The van der Waals surface area contributed by atoms with Gasteiger partial charge in [0.15, 0.2) is 0 Å². The van der Waals surface area contributed by atoms with Gasteiger partial charge in [0.05, 0.1) is 0 Å². The van der Waals surface area contributed by atoms with E-state index in [-0.39, 0.29) is 24.4 Å². The van der Waals surface area contributed by atoms with Crippen LogP contribution in [-0.4, -0.2) is 30.1 Å². The molecule has 154 valence electrons. The van der Waals surface area contributed by atoms with Crippen LogP contribution >= 0.6 is 0 Å². The molecule has 0 spiro atoms. The Balaban J connectivity index is 1.79. The third-order valence-electron chi connectivity index (χ3n) is 3.53. The lowest BCUT2D eigenvalue weighted by Gasteiger charge is -2.19. The number of amides is 3. The molecule has 3 N–H and O–H groups in total. The highest BCUT2D eigenvalue weighted by Gasteiger charge is 2.16. The van der Waals surface area contributed by atoms with E-state index in [9.17, 15) is 18.8 Å². The maximum Gasteiger partial charge on any atom is 0.407 e. The molecule has 0 aliphatic heterocycles. The number of benzene rings is 2. The maximum absolute atomic E-state index is 13.2. The van der Waals surface area contributed by atoms with Crippen molar-refractivity contribution >= 4 is 29.3 Å². The maximum atomic E-state index is 13.2. The van der Waals surface area contributed by atoms with Gasteiger partial charge < -0.3 is 20.7 Å². The molecule has 0 saturated heterocycles. The first kappa shape index (κ1) is 21.9. The number of rotatable bonds is 6. The summed E-state index contributed by atoms with van der Waals surface area (Å²) in [6.07, 6.45) is -0.499. The first-order valence-electron chi connectivity index (χ1n) is 9.06. The van der Waals surface area contributed by atoms with Crippen LogP contribution in [0.3, 0.4) is 0 Å². The average molecular weight is 401 g/mol. The van der Waals surface area contributed by atoms with Crippen LogP contribution in [-0.2, 0) is 9.53 Å². The van der Waals surface area contributed by atoms with Crippen molar-refractivity contribution < 1.29 is 23.5 Å². The van der Waals surface area contributed by atoms with Crippen LogP contribution in [0.1, 0.15) is 37.6 Å². The van der Waals surface area contributed by atoms with Crippen molar-refractivity contribution in [1.82, 2.24) is 5.32 Å². The largest absolute Gasteiger partial charge is 0.444 e. The van der Waals surface area contributed by atoms with Gasteiger partial charge in [-0.05, 0) is 63.2 Å². The van der Waals surface area contributed by atoms with E-state index in [1.807, 2.05) is 0 Å². The molecule has 0 aromatic heterocycles. The fraction of sp³-hybridized carbons (Fsp3) is 0.286. The zero-order chi connectivity index (χ0) is 21.4. The molecule has 0 aliphatic carbocycles. The van der Waals surface area contributed by atoms with Gasteiger partial charge in [-0.15, -0.1) is 0 Å². The van der Waals surface area contributed by atoms with Crippen molar-refractivity contribution in [2.24, 2.45) is 0 Å². The molecule has 0 radical (unpaired) electrons.